The Balaban J connectivity index is 1.73. The third-order valence-electron chi connectivity index (χ3n) is 3.36. The Labute approximate surface area is 125 Å². The van der Waals surface area contributed by atoms with Crippen LogP contribution in [0.2, 0.25) is 0 Å². The highest BCUT2D eigenvalue weighted by Crippen LogP contribution is 2.17. The monoisotopic (exact) mass is 289 g/mol. The van der Waals surface area contributed by atoms with Crippen LogP contribution in [0, 0.1) is 5.92 Å². The molecular formula is C16H23N3O2. The molecule has 0 spiro atoms. The summed E-state index contributed by atoms with van der Waals surface area (Å²) < 4.78 is 0. The fourth-order valence-electron chi connectivity index (χ4n) is 1.78. The van der Waals surface area contributed by atoms with Crippen molar-refractivity contribution in [3.8, 4) is 0 Å². The molecule has 5 nitrogen and oxygen atoms in total. The van der Waals surface area contributed by atoms with Crippen molar-refractivity contribution < 1.29 is 9.59 Å². The molecule has 114 valence electrons. The van der Waals surface area contributed by atoms with Gasteiger partial charge < -0.3 is 16.0 Å². The number of hydrogen-bond donors (Lipinski definition) is 3. The predicted molar refractivity (Wildman–Crippen MR) is 82.8 cm³/mol. The first-order valence-corrected chi connectivity index (χ1v) is 7.44. The minimum absolute atomic E-state index is 0.00204. The number of nitrogens with one attached hydrogen (secondary N) is 3. The second kappa shape index (κ2) is 7.22. The van der Waals surface area contributed by atoms with Crippen LogP contribution in [0.4, 0.5) is 5.69 Å². The fourth-order valence-corrected chi connectivity index (χ4v) is 1.78. The summed E-state index contributed by atoms with van der Waals surface area (Å²) >= 11 is 0. The van der Waals surface area contributed by atoms with Crippen LogP contribution >= 0.6 is 0 Å². The molecule has 1 aromatic carbocycles. The molecule has 3 N–H and O–H groups in total. The zero-order chi connectivity index (χ0) is 15.2. The molecule has 1 aromatic rings. The second-order valence-corrected chi connectivity index (χ2v) is 5.77. The Morgan fingerprint density at radius 1 is 1.19 bits per heavy atom. The van der Waals surface area contributed by atoms with Crippen molar-refractivity contribution in [1.29, 1.82) is 0 Å². The smallest absolute Gasteiger partial charge is 0.234 e. The molecule has 0 bridgehead atoms. The van der Waals surface area contributed by atoms with Gasteiger partial charge in [0.25, 0.3) is 0 Å². The molecule has 5 heteroatoms. The van der Waals surface area contributed by atoms with Crippen LogP contribution in [-0.4, -0.2) is 24.4 Å². The number of carbonyl (C=O) groups excluding carboxylic acids is 2. The van der Waals surface area contributed by atoms with Gasteiger partial charge in [-0.3, -0.25) is 9.59 Å². The summed E-state index contributed by atoms with van der Waals surface area (Å²) in [5.41, 5.74) is 1.79. The van der Waals surface area contributed by atoms with Crippen molar-refractivity contribution in [3.63, 3.8) is 0 Å². The van der Waals surface area contributed by atoms with E-state index in [4.69, 9.17) is 0 Å². The number of rotatable bonds is 7. The van der Waals surface area contributed by atoms with Gasteiger partial charge in [-0.1, -0.05) is 26.0 Å². The highest BCUT2D eigenvalue weighted by Gasteiger charge is 2.20. The van der Waals surface area contributed by atoms with E-state index in [1.165, 1.54) is 12.8 Å². The average molecular weight is 289 g/mol. The highest BCUT2D eigenvalue weighted by atomic mass is 16.2. The molecule has 1 fully saturated rings. The van der Waals surface area contributed by atoms with Crippen molar-refractivity contribution in [2.75, 3.05) is 11.9 Å². The maximum atomic E-state index is 11.6. The van der Waals surface area contributed by atoms with Gasteiger partial charge >= 0.3 is 0 Å². The van der Waals surface area contributed by atoms with E-state index in [1.807, 2.05) is 38.1 Å². The Hall–Kier alpha value is -1.88. The van der Waals surface area contributed by atoms with Crippen LogP contribution in [0.25, 0.3) is 0 Å². The maximum Gasteiger partial charge on any atom is 0.234 e. The Morgan fingerprint density at radius 3 is 2.43 bits per heavy atom. The SMILES string of the molecule is CC(C)C(=O)Nc1ccc(CNC(=O)CNC2CC2)cc1. The molecule has 0 aromatic heterocycles. The van der Waals surface area contributed by atoms with Crippen molar-refractivity contribution >= 4 is 17.5 Å². The van der Waals surface area contributed by atoms with Crippen LogP contribution in [0.3, 0.4) is 0 Å². The van der Waals surface area contributed by atoms with Crippen LogP contribution in [-0.2, 0) is 16.1 Å². The molecule has 2 rings (SSSR count). The zero-order valence-corrected chi connectivity index (χ0v) is 12.6. The lowest BCUT2D eigenvalue weighted by atomic mass is 10.1. The third-order valence-corrected chi connectivity index (χ3v) is 3.36. The van der Waals surface area contributed by atoms with Crippen molar-refractivity contribution in [3.05, 3.63) is 29.8 Å². The van der Waals surface area contributed by atoms with E-state index in [0.717, 1.165) is 11.3 Å². The lowest BCUT2D eigenvalue weighted by Crippen LogP contribution is -2.34. The summed E-state index contributed by atoms with van der Waals surface area (Å²) in [5.74, 6) is -0.0239. The normalized spacial score (nSPS) is 14.0. The van der Waals surface area contributed by atoms with Crippen LogP contribution < -0.4 is 16.0 Å². The molecule has 0 aliphatic heterocycles. The summed E-state index contributed by atoms with van der Waals surface area (Å²) in [6.45, 7) is 4.60. The summed E-state index contributed by atoms with van der Waals surface area (Å²) in [6.07, 6.45) is 2.35. The first kappa shape index (κ1) is 15.5. The van der Waals surface area contributed by atoms with E-state index in [2.05, 4.69) is 16.0 Å². The molecule has 21 heavy (non-hydrogen) atoms. The van der Waals surface area contributed by atoms with Gasteiger partial charge in [-0.25, -0.2) is 0 Å². The molecule has 1 saturated carbocycles. The van der Waals surface area contributed by atoms with Gasteiger partial charge in [-0.05, 0) is 30.5 Å². The molecule has 0 radical (unpaired) electrons. The van der Waals surface area contributed by atoms with Gasteiger partial charge in [0.15, 0.2) is 0 Å². The molecule has 1 aliphatic rings. The Bertz CT molecular complexity index is 493. The first-order chi connectivity index (χ1) is 10.0. The largest absolute Gasteiger partial charge is 0.351 e. The van der Waals surface area contributed by atoms with Gasteiger partial charge in [0, 0.05) is 24.2 Å². The van der Waals surface area contributed by atoms with Crippen LogP contribution in [0.15, 0.2) is 24.3 Å². The minimum Gasteiger partial charge on any atom is -0.351 e. The van der Waals surface area contributed by atoms with E-state index < -0.39 is 0 Å². The Morgan fingerprint density at radius 2 is 1.86 bits per heavy atom. The molecule has 2 amide bonds. The van der Waals surface area contributed by atoms with E-state index in [-0.39, 0.29) is 17.7 Å². The first-order valence-electron chi connectivity index (χ1n) is 7.44. The summed E-state index contributed by atoms with van der Waals surface area (Å²) in [6, 6.07) is 8.06. The number of amides is 2. The predicted octanol–water partition coefficient (Wildman–Crippen LogP) is 1.65. The van der Waals surface area contributed by atoms with Crippen molar-refractivity contribution in [2.24, 2.45) is 5.92 Å². The van der Waals surface area contributed by atoms with E-state index >= 15 is 0 Å². The van der Waals surface area contributed by atoms with E-state index in [1.54, 1.807) is 0 Å². The molecule has 0 unspecified atom stereocenters. The zero-order valence-electron chi connectivity index (χ0n) is 12.6. The summed E-state index contributed by atoms with van der Waals surface area (Å²) in [4.78, 5) is 23.2. The second-order valence-electron chi connectivity index (χ2n) is 5.77. The average Bonchev–Trinajstić information content (AvgIpc) is 3.28. The quantitative estimate of drug-likeness (QED) is 0.715. The van der Waals surface area contributed by atoms with Gasteiger partial charge in [-0.15, -0.1) is 0 Å². The van der Waals surface area contributed by atoms with Gasteiger partial charge in [0.05, 0.1) is 6.54 Å². The lowest BCUT2D eigenvalue weighted by molar-refractivity contribution is -0.120. The lowest BCUT2D eigenvalue weighted by Gasteiger charge is -2.09. The fraction of sp³-hybridized carbons (Fsp3) is 0.500. The van der Waals surface area contributed by atoms with Gasteiger partial charge in [0.1, 0.15) is 0 Å². The standard InChI is InChI=1S/C16H23N3O2/c1-11(2)16(21)19-14-5-3-12(4-6-14)9-18-15(20)10-17-13-7-8-13/h3-6,11,13,17H,7-10H2,1-2H3,(H,18,20)(H,19,21). The topological polar surface area (TPSA) is 70.2 Å². The molecule has 0 atom stereocenters. The van der Waals surface area contributed by atoms with Crippen LogP contribution in [0.5, 0.6) is 0 Å². The maximum absolute atomic E-state index is 11.6. The van der Waals surface area contributed by atoms with Gasteiger partial charge in [0.2, 0.25) is 11.8 Å². The summed E-state index contributed by atoms with van der Waals surface area (Å²) in [7, 11) is 0. The van der Waals surface area contributed by atoms with Gasteiger partial charge in [-0.2, -0.15) is 0 Å². The number of hydrogen-bond acceptors (Lipinski definition) is 3. The number of carbonyl (C=O) groups is 2. The summed E-state index contributed by atoms with van der Waals surface area (Å²) in [5, 5.41) is 8.88. The Kier molecular flexibility index (Phi) is 5.33. The number of benzene rings is 1. The molecular weight excluding hydrogens is 266 g/mol. The van der Waals surface area contributed by atoms with Crippen molar-refractivity contribution in [2.45, 2.75) is 39.3 Å². The minimum atomic E-state index is -0.0390. The van der Waals surface area contributed by atoms with Crippen LogP contribution in [0.1, 0.15) is 32.3 Å². The van der Waals surface area contributed by atoms with E-state index in [9.17, 15) is 9.59 Å². The molecule has 1 aliphatic carbocycles. The highest BCUT2D eigenvalue weighted by molar-refractivity contribution is 5.92. The van der Waals surface area contributed by atoms with E-state index in [0.29, 0.717) is 19.1 Å². The molecule has 0 heterocycles. The number of anilines is 1. The van der Waals surface area contributed by atoms with Crippen molar-refractivity contribution in [1.82, 2.24) is 10.6 Å². The molecule has 0 saturated heterocycles. The third kappa shape index (κ3) is 5.55.